The highest BCUT2D eigenvalue weighted by molar-refractivity contribution is 5.75. The Morgan fingerprint density at radius 2 is 2.05 bits per heavy atom. The van der Waals surface area contributed by atoms with Gasteiger partial charge in [0.2, 0.25) is 0 Å². The molecule has 0 aromatic heterocycles. The van der Waals surface area contributed by atoms with Crippen LogP contribution in [0.15, 0.2) is 24.3 Å². The first kappa shape index (κ1) is 16.8. The highest BCUT2D eigenvalue weighted by Crippen LogP contribution is 2.24. The van der Waals surface area contributed by atoms with E-state index in [1.165, 1.54) is 0 Å². The van der Waals surface area contributed by atoms with Gasteiger partial charge in [-0.15, -0.1) is 0 Å². The summed E-state index contributed by atoms with van der Waals surface area (Å²) in [6.45, 7) is 4.42. The second-order valence-corrected chi connectivity index (χ2v) is 6.43. The SMILES string of the molecule is CC(C)COC(=O)C(Cc1cccc(O)c1)OC1CCCC1. The molecule has 0 saturated heterocycles. The van der Waals surface area contributed by atoms with Crippen molar-refractivity contribution in [2.24, 2.45) is 5.92 Å². The van der Waals surface area contributed by atoms with E-state index < -0.39 is 6.10 Å². The molecular formula is C18H26O4. The predicted octanol–water partition coefficient (Wildman–Crippen LogP) is 3.46. The molecule has 22 heavy (non-hydrogen) atoms. The largest absolute Gasteiger partial charge is 0.508 e. The Bertz CT molecular complexity index is 478. The maximum atomic E-state index is 12.3. The number of rotatable bonds is 7. The van der Waals surface area contributed by atoms with Crippen LogP contribution < -0.4 is 0 Å². The Balaban J connectivity index is 2.01. The van der Waals surface area contributed by atoms with Crippen LogP contribution in [0.25, 0.3) is 0 Å². The zero-order chi connectivity index (χ0) is 15.9. The number of hydrogen-bond acceptors (Lipinski definition) is 4. The lowest BCUT2D eigenvalue weighted by Crippen LogP contribution is -2.33. The third-order valence-electron chi connectivity index (χ3n) is 3.81. The Labute approximate surface area is 132 Å². The fraction of sp³-hybridized carbons (Fsp3) is 0.611. The van der Waals surface area contributed by atoms with E-state index in [0.29, 0.717) is 18.9 Å². The molecule has 0 radical (unpaired) electrons. The number of carbonyl (C=O) groups excluding carboxylic acids is 1. The summed E-state index contributed by atoms with van der Waals surface area (Å²) in [6.07, 6.45) is 4.32. The molecule has 0 heterocycles. The summed E-state index contributed by atoms with van der Waals surface area (Å²) < 4.78 is 11.3. The molecule has 0 amide bonds. The lowest BCUT2D eigenvalue weighted by Gasteiger charge is -2.21. The van der Waals surface area contributed by atoms with Gasteiger partial charge in [0.25, 0.3) is 0 Å². The van der Waals surface area contributed by atoms with Crippen LogP contribution in [-0.4, -0.2) is 29.9 Å². The predicted molar refractivity (Wildman–Crippen MR) is 84.7 cm³/mol. The minimum Gasteiger partial charge on any atom is -0.508 e. The highest BCUT2D eigenvalue weighted by atomic mass is 16.6. The van der Waals surface area contributed by atoms with E-state index >= 15 is 0 Å². The van der Waals surface area contributed by atoms with Crippen molar-refractivity contribution >= 4 is 5.97 Å². The first-order chi connectivity index (χ1) is 10.5. The summed E-state index contributed by atoms with van der Waals surface area (Å²) in [7, 11) is 0. The summed E-state index contributed by atoms with van der Waals surface area (Å²) >= 11 is 0. The number of esters is 1. The zero-order valence-corrected chi connectivity index (χ0v) is 13.5. The molecule has 1 atom stereocenters. The topological polar surface area (TPSA) is 55.8 Å². The van der Waals surface area contributed by atoms with Gasteiger partial charge in [0.1, 0.15) is 5.75 Å². The molecule has 0 aliphatic heterocycles. The van der Waals surface area contributed by atoms with E-state index in [9.17, 15) is 9.90 Å². The average molecular weight is 306 g/mol. The van der Waals surface area contributed by atoms with Crippen LogP contribution in [0.5, 0.6) is 5.75 Å². The molecule has 1 aliphatic rings. The maximum Gasteiger partial charge on any atom is 0.335 e. The number of aromatic hydroxyl groups is 1. The van der Waals surface area contributed by atoms with Crippen molar-refractivity contribution in [3.05, 3.63) is 29.8 Å². The second-order valence-electron chi connectivity index (χ2n) is 6.43. The molecule has 2 rings (SSSR count). The van der Waals surface area contributed by atoms with Gasteiger partial charge in [-0.05, 0) is 36.5 Å². The van der Waals surface area contributed by atoms with Gasteiger partial charge in [-0.1, -0.05) is 38.8 Å². The van der Waals surface area contributed by atoms with Crippen molar-refractivity contribution < 1.29 is 19.4 Å². The molecule has 1 fully saturated rings. The minimum atomic E-state index is -0.594. The van der Waals surface area contributed by atoms with E-state index in [0.717, 1.165) is 31.2 Å². The normalized spacial score (nSPS) is 16.9. The fourth-order valence-electron chi connectivity index (χ4n) is 2.68. The van der Waals surface area contributed by atoms with Gasteiger partial charge in [0.15, 0.2) is 6.10 Å². The van der Waals surface area contributed by atoms with Crippen LogP contribution in [0.1, 0.15) is 45.1 Å². The summed E-state index contributed by atoms with van der Waals surface area (Å²) in [6, 6.07) is 6.95. The highest BCUT2D eigenvalue weighted by Gasteiger charge is 2.27. The van der Waals surface area contributed by atoms with Gasteiger partial charge in [0.05, 0.1) is 12.7 Å². The number of hydrogen-bond donors (Lipinski definition) is 1. The van der Waals surface area contributed by atoms with Crippen LogP contribution in [-0.2, 0) is 20.7 Å². The summed E-state index contributed by atoms with van der Waals surface area (Å²) in [4.78, 5) is 12.3. The quantitative estimate of drug-likeness (QED) is 0.784. The van der Waals surface area contributed by atoms with E-state index in [2.05, 4.69) is 0 Å². The third kappa shape index (κ3) is 5.34. The van der Waals surface area contributed by atoms with Crippen LogP contribution >= 0.6 is 0 Å². The molecule has 1 saturated carbocycles. The molecule has 1 aromatic rings. The third-order valence-corrected chi connectivity index (χ3v) is 3.81. The van der Waals surface area contributed by atoms with Crippen molar-refractivity contribution in [3.63, 3.8) is 0 Å². The summed E-state index contributed by atoms with van der Waals surface area (Å²) in [5.41, 5.74) is 0.879. The number of ether oxygens (including phenoxy) is 2. The molecular weight excluding hydrogens is 280 g/mol. The molecule has 122 valence electrons. The monoisotopic (exact) mass is 306 g/mol. The standard InChI is InChI=1S/C18H26O4/c1-13(2)12-21-18(20)17(22-16-8-3-4-9-16)11-14-6-5-7-15(19)10-14/h5-7,10,13,16-17,19H,3-4,8-9,11-12H2,1-2H3. The van der Waals surface area contributed by atoms with Crippen molar-refractivity contribution in [2.45, 2.75) is 58.2 Å². The van der Waals surface area contributed by atoms with E-state index in [-0.39, 0.29) is 17.8 Å². The molecule has 4 heteroatoms. The molecule has 0 spiro atoms. The number of phenolic OH excluding ortho intramolecular Hbond substituents is 1. The van der Waals surface area contributed by atoms with Gasteiger partial charge >= 0.3 is 5.97 Å². The van der Waals surface area contributed by atoms with Crippen molar-refractivity contribution in [1.29, 1.82) is 0 Å². The van der Waals surface area contributed by atoms with Gasteiger partial charge in [-0.3, -0.25) is 0 Å². The van der Waals surface area contributed by atoms with E-state index in [1.54, 1.807) is 18.2 Å². The fourth-order valence-corrected chi connectivity index (χ4v) is 2.68. The first-order valence-electron chi connectivity index (χ1n) is 8.14. The van der Waals surface area contributed by atoms with Gasteiger partial charge < -0.3 is 14.6 Å². The summed E-state index contributed by atoms with van der Waals surface area (Å²) in [5.74, 6) is 0.202. The van der Waals surface area contributed by atoms with Gasteiger partial charge in [-0.2, -0.15) is 0 Å². The number of benzene rings is 1. The Hall–Kier alpha value is -1.55. The van der Waals surface area contributed by atoms with Gasteiger partial charge in [-0.25, -0.2) is 4.79 Å². The van der Waals surface area contributed by atoms with Gasteiger partial charge in [0, 0.05) is 6.42 Å². The lowest BCUT2D eigenvalue weighted by molar-refractivity contribution is -0.162. The van der Waals surface area contributed by atoms with Crippen molar-refractivity contribution in [3.8, 4) is 5.75 Å². The van der Waals surface area contributed by atoms with Crippen LogP contribution in [0.3, 0.4) is 0 Å². The lowest BCUT2D eigenvalue weighted by atomic mass is 10.1. The molecule has 0 bridgehead atoms. The molecule has 4 nitrogen and oxygen atoms in total. The summed E-state index contributed by atoms with van der Waals surface area (Å²) in [5, 5.41) is 9.57. The second kappa shape index (κ2) is 8.18. The minimum absolute atomic E-state index is 0.147. The molecule has 1 N–H and O–H groups in total. The average Bonchev–Trinajstić information content (AvgIpc) is 2.97. The zero-order valence-electron chi connectivity index (χ0n) is 13.5. The number of carbonyl (C=O) groups is 1. The maximum absolute atomic E-state index is 12.3. The number of phenols is 1. The van der Waals surface area contributed by atoms with Crippen molar-refractivity contribution in [1.82, 2.24) is 0 Å². The molecule has 1 aromatic carbocycles. The van der Waals surface area contributed by atoms with E-state index in [4.69, 9.17) is 9.47 Å². The Morgan fingerprint density at radius 3 is 2.68 bits per heavy atom. The molecule has 1 unspecified atom stereocenters. The molecule has 1 aliphatic carbocycles. The van der Waals surface area contributed by atoms with E-state index in [1.807, 2.05) is 19.9 Å². The smallest absolute Gasteiger partial charge is 0.335 e. The Morgan fingerprint density at radius 1 is 1.32 bits per heavy atom. The van der Waals surface area contributed by atoms with Crippen LogP contribution in [0.2, 0.25) is 0 Å². The Kier molecular flexibility index (Phi) is 6.25. The van der Waals surface area contributed by atoms with Crippen LogP contribution in [0.4, 0.5) is 0 Å². The van der Waals surface area contributed by atoms with Crippen molar-refractivity contribution in [2.75, 3.05) is 6.61 Å². The van der Waals surface area contributed by atoms with Crippen LogP contribution in [0, 0.1) is 5.92 Å². The first-order valence-corrected chi connectivity index (χ1v) is 8.14.